The third-order valence-corrected chi connectivity index (χ3v) is 6.52. The topological polar surface area (TPSA) is 53.7 Å². The van der Waals surface area contributed by atoms with Crippen LogP contribution >= 0.6 is 0 Å². The predicted molar refractivity (Wildman–Crippen MR) is 121 cm³/mol. The van der Waals surface area contributed by atoms with Crippen molar-refractivity contribution >= 4 is 5.57 Å². The third-order valence-electron chi connectivity index (χ3n) is 6.52. The average molecular weight is 406 g/mol. The molecule has 2 N–H and O–H groups in total. The monoisotopic (exact) mass is 405 g/mol. The molecule has 0 aliphatic heterocycles. The highest BCUT2D eigenvalue weighted by atomic mass is 16.5. The SMILES string of the molecule is COc1ccc(C2=CC[C@@]3(N)CC(OC)CC3=C2CCc2cccc(OC)c2)cc1. The van der Waals surface area contributed by atoms with Gasteiger partial charge in [-0.05, 0) is 84.2 Å². The quantitative estimate of drug-likeness (QED) is 0.710. The van der Waals surface area contributed by atoms with Gasteiger partial charge >= 0.3 is 0 Å². The van der Waals surface area contributed by atoms with Crippen LogP contribution < -0.4 is 15.2 Å². The second-order valence-electron chi connectivity index (χ2n) is 8.28. The minimum Gasteiger partial charge on any atom is -0.497 e. The number of methoxy groups -OCH3 is 3. The van der Waals surface area contributed by atoms with Gasteiger partial charge in [-0.1, -0.05) is 30.3 Å². The van der Waals surface area contributed by atoms with E-state index in [1.807, 2.05) is 18.2 Å². The normalized spacial score (nSPS) is 23.2. The molecule has 0 radical (unpaired) electrons. The van der Waals surface area contributed by atoms with Crippen molar-refractivity contribution in [3.05, 3.63) is 76.9 Å². The Balaban J connectivity index is 1.68. The Bertz CT molecular complexity index is 960. The van der Waals surface area contributed by atoms with Crippen LogP contribution in [0.15, 0.2) is 65.8 Å². The molecule has 4 rings (SSSR count). The van der Waals surface area contributed by atoms with Crippen LogP contribution in [0.2, 0.25) is 0 Å². The molecule has 4 nitrogen and oxygen atoms in total. The zero-order valence-corrected chi connectivity index (χ0v) is 18.1. The number of aryl methyl sites for hydroxylation is 1. The molecular formula is C26H31NO3. The molecule has 0 aromatic heterocycles. The summed E-state index contributed by atoms with van der Waals surface area (Å²) in [6.45, 7) is 0. The van der Waals surface area contributed by atoms with Gasteiger partial charge in [0.05, 0.1) is 20.3 Å². The van der Waals surface area contributed by atoms with E-state index in [0.29, 0.717) is 0 Å². The summed E-state index contributed by atoms with van der Waals surface area (Å²) < 4.78 is 16.5. The van der Waals surface area contributed by atoms with Crippen molar-refractivity contribution in [1.82, 2.24) is 0 Å². The molecule has 4 heteroatoms. The summed E-state index contributed by atoms with van der Waals surface area (Å²) in [5.41, 5.74) is 13.1. The number of hydrogen-bond acceptors (Lipinski definition) is 4. The number of rotatable bonds is 7. The summed E-state index contributed by atoms with van der Waals surface area (Å²) in [4.78, 5) is 0. The van der Waals surface area contributed by atoms with Crippen molar-refractivity contribution < 1.29 is 14.2 Å². The van der Waals surface area contributed by atoms with Gasteiger partial charge in [0.15, 0.2) is 0 Å². The fourth-order valence-corrected chi connectivity index (χ4v) is 4.84. The molecule has 158 valence electrons. The van der Waals surface area contributed by atoms with Crippen LogP contribution in [0.5, 0.6) is 11.5 Å². The maximum absolute atomic E-state index is 6.90. The molecule has 0 bridgehead atoms. The van der Waals surface area contributed by atoms with E-state index in [9.17, 15) is 0 Å². The number of allylic oxidation sites excluding steroid dienone is 2. The number of hydrogen-bond donors (Lipinski definition) is 1. The van der Waals surface area contributed by atoms with Gasteiger partial charge in [0.1, 0.15) is 11.5 Å². The van der Waals surface area contributed by atoms with E-state index in [1.165, 1.54) is 27.8 Å². The molecule has 1 unspecified atom stereocenters. The van der Waals surface area contributed by atoms with Crippen LogP contribution in [0.4, 0.5) is 0 Å². The van der Waals surface area contributed by atoms with E-state index >= 15 is 0 Å². The zero-order valence-electron chi connectivity index (χ0n) is 18.1. The van der Waals surface area contributed by atoms with E-state index in [-0.39, 0.29) is 11.6 Å². The molecule has 2 aromatic carbocycles. The Morgan fingerprint density at radius 3 is 2.43 bits per heavy atom. The lowest BCUT2D eigenvalue weighted by Crippen LogP contribution is -2.40. The lowest BCUT2D eigenvalue weighted by Gasteiger charge is -2.33. The molecule has 1 saturated carbocycles. The summed E-state index contributed by atoms with van der Waals surface area (Å²) in [7, 11) is 5.20. The first-order valence-corrected chi connectivity index (χ1v) is 10.6. The van der Waals surface area contributed by atoms with Crippen molar-refractivity contribution in [2.75, 3.05) is 21.3 Å². The molecule has 0 amide bonds. The average Bonchev–Trinajstić information content (AvgIpc) is 3.14. The summed E-state index contributed by atoms with van der Waals surface area (Å²) >= 11 is 0. The van der Waals surface area contributed by atoms with E-state index in [0.717, 1.165) is 43.6 Å². The Labute approximate surface area is 179 Å². The van der Waals surface area contributed by atoms with Gasteiger partial charge in [-0.3, -0.25) is 0 Å². The Hall–Kier alpha value is -2.56. The van der Waals surface area contributed by atoms with Crippen LogP contribution in [0.1, 0.15) is 36.8 Å². The highest BCUT2D eigenvalue weighted by Crippen LogP contribution is 2.47. The van der Waals surface area contributed by atoms with E-state index < -0.39 is 0 Å². The second-order valence-corrected chi connectivity index (χ2v) is 8.28. The maximum atomic E-state index is 6.90. The fourth-order valence-electron chi connectivity index (χ4n) is 4.84. The fraction of sp³-hybridized carbons (Fsp3) is 0.385. The van der Waals surface area contributed by atoms with Crippen molar-refractivity contribution in [1.29, 1.82) is 0 Å². The van der Waals surface area contributed by atoms with Gasteiger partial charge in [0.2, 0.25) is 0 Å². The highest BCUT2D eigenvalue weighted by molar-refractivity contribution is 5.82. The van der Waals surface area contributed by atoms with E-state index in [2.05, 4.69) is 36.4 Å². The van der Waals surface area contributed by atoms with Crippen LogP contribution in [-0.4, -0.2) is 33.0 Å². The second kappa shape index (κ2) is 8.66. The zero-order chi connectivity index (χ0) is 21.1. The minimum absolute atomic E-state index is 0.195. The Kier molecular flexibility index (Phi) is 5.98. The van der Waals surface area contributed by atoms with Gasteiger partial charge < -0.3 is 19.9 Å². The van der Waals surface area contributed by atoms with Crippen LogP contribution in [-0.2, 0) is 11.2 Å². The third kappa shape index (κ3) is 4.03. The maximum Gasteiger partial charge on any atom is 0.119 e. The smallest absolute Gasteiger partial charge is 0.119 e. The summed E-state index contributed by atoms with van der Waals surface area (Å²) in [5.74, 6) is 1.77. The molecule has 0 heterocycles. The lowest BCUT2D eigenvalue weighted by atomic mass is 9.76. The van der Waals surface area contributed by atoms with Gasteiger partial charge in [0.25, 0.3) is 0 Å². The molecule has 2 aliphatic carbocycles. The van der Waals surface area contributed by atoms with Gasteiger partial charge in [-0.15, -0.1) is 0 Å². The highest BCUT2D eigenvalue weighted by Gasteiger charge is 2.43. The van der Waals surface area contributed by atoms with Crippen LogP contribution in [0.3, 0.4) is 0 Å². The molecular weight excluding hydrogens is 374 g/mol. The number of fused-ring (bicyclic) bond motifs is 1. The molecule has 2 atom stereocenters. The lowest BCUT2D eigenvalue weighted by molar-refractivity contribution is 0.104. The standard InChI is InChI=1S/C26H31NO3/c1-28-20-10-8-19(9-11-20)23-13-14-26(27)17-22(30-3)16-25(26)24(23)12-7-18-5-4-6-21(15-18)29-2/h4-6,8-11,13,15,22H,7,12,14,16-17,27H2,1-3H3/t22?,26-/m1/s1. The van der Waals surface area contributed by atoms with Crippen molar-refractivity contribution in [2.45, 2.75) is 43.7 Å². The first-order valence-electron chi connectivity index (χ1n) is 10.6. The number of ether oxygens (including phenoxy) is 3. The van der Waals surface area contributed by atoms with Crippen molar-refractivity contribution in [3.63, 3.8) is 0 Å². The van der Waals surface area contributed by atoms with E-state index in [1.54, 1.807) is 21.3 Å². The molecule has 2 aromatic rings. The van der Waals surface area contributed by atoms with Crippen LogP contribution in [0, 0.1) is 0 Å². The predicted octanol–water partition coefficient (Wildman–Crippen LogP) is 4.93. The Morgan fingerprint density at radius 1 is 0.967 bits per heavy atom. The Morgan fingerprint density at radius 2 is 1.73 bits per heavy atom. The van der Waals surface area contributed by atoms with Gasteiger partial charge in [-0.25, -0.2) is 0 Å². The molecule has 1 fully saturated rings. The van der Waals surface area contributed by atoms with Crippen LogP contribution in [0.25, 0.3) is 5.57 Å². The largest absolute Gasteiger partial charge is 0.497 e. The molecule has 2 aliphatic rings. The first-order chi connectivity index (χ1) is 14.6. The van der Waals surface area contributed by atoms with E-state index in [4.69, 9.17) is 19.9 Å². The van der Waals surface area contributed by atoms with Crippen molar-refractivity contribution in [3.8, 4) is 11.5 Å². The number of nitrogens with two attached hydrogens (primary N) is 1. The summed E-state index contributed by atoms with van der Waals surface area (Å²) in [6.07, 6.45) is 7.05. The molecule has 0 spiro atoms. The first kappa shape index (κ1) is 20.7. The van der Waals surface area contributed by atoms with Crippen molar-refractivity contribution in [2.24, 2.45) is 5.73 Å². The molecule has 30 heavy (non-hydrogen) atoms. The van der Waals surface area contributed by atoms with Gasteiger partial charge in [0, 0.05) is 12.6 Å². The van der Waals surface area contributed by atoms with Gasteiger partial charge in [-0.2, -0.15) is 0 Å². The summed E-state index contributed by atoms with van der Waals surface area (Å²) in [5, 5.41) is 0. The molecule has 0 saturated heterocycles. The minimum atomic E-state index is -0.291. The number of benzene rings is 2. The summed E-state index contributed by atoms with van der Waals surface area (Å²) in [6, 6.07) is 16.7.